The zero-order valence-electron chi connectivity index (χ0n) is 32.7. The fourth-order valence-corrected chi connectivity index (χ4v) is 7.02. The minimum atomic E-state index is -1.60. The minimum absolute atomic E-state index is 0.0376. The minimum Gasteiger partial charge on any atom is -0.346 e. The van der Waals surface area contributed by atoms with Crippen LogP contribution in [0.4, 0.5) is 4.79 Å². The summed E-state index contributed by atoms with van der Waals surface area (Å²) in [6.07, 6.45) is 2.83. The van der Waals surface area contributed by atoms with Gasteiger partial charge in [-0.05, 0) is 47.1 Å². The molecule has 0 bridgehead atoms. The van der Waals surface area contributed by atoms with Crippen LogP contribution in [-0.4, -0.2) is 89.6 Å². The lowest BCUT2D eigenvalue weighted by Gasteiger charge is -2.38. The summed E-state index contributed by atoms with van der Waals surface area (Å²) in [7, 11) is 1.38. The van der Waals surface area contributed by atoms with Gasteiger partial charge in [-0.3, -0.25) is 23.4 Å². The Balaban J connectivity index is 2.27. The number of nitrogens with zero attached hydrogens (tertiary/aromatic N) is 1. The fraction of sp³-hybridized carbons (Fsp3) is 0.658. The van der Waals surface area contributed by atoms with Gasteiger partial charge < -0.3 is 31.5 Å². The molecule has 1 heterocycles. The number of benzene rings is 1. The summed E-state index contributed by atoms with van der Waals surface area (Å²) in [6.45, 7) is 22.1. The molecule has 1 aliphatic rings. The highest BCUT2D eigenvalue weighted by atomic mass is 32.2. The first-order chi connectivity index (χ1) is 24.3. The van der Waals surface area contributed by atoms with Crippen LogP contribution in [0.2, 0.25) is 0 Å². The second kappa shape index (κ2) is 20.0. The molecular formula is C38H62N6O7S. The summed E-state index contributed by atoms with van der Waals surface area (Å²) in [5, 5.41) is 14.6. The van der Waals surface area contributed by atoms with Gasteiger partial charge in [0, 0.05) is 32.2 Å². The molecule has 5 N–H and O–H groups in total. The van der Waals surface area contributed by atoms with Crippen molar-refractivity contribution in [3.63, 3.8) is 0 Å². The van der Waals surface area contributed by atoms with Gasteiger partial charge in [-0.2, -0.15) is 0 Å². The summed E-state index contributed by atoms with van der Waals surface area (Å²) in [6, 6.07) is 3.43. The van der Waals surface area contributed by atoms with E-state index in [2.05, 4.69) is 33.2 Å². The molecule has 1 aromatic carbocycles. The highest BCUT2D eigenvalue weighted by molar-refractivity contribution is 7.80. The van der Waals surface area contributed by atoms with Crippen molar-refractivity contribution in [3.05, 3.63) is 42.5 Å². The highest BCUT2D eigenvalue weighted by Gasteiger charge is 2.48. The molecule has 2 rings (SSSR count). The van der Waals surface area contributed by atoms with Gasteiger partial charge in [0.25, 0.3) is 5.91 Å². The summed E-state index contributed by atoms with van der Waals surface area (Å²) >= 11 is -1.60. The van der Waals surface area contributed by atoms with Crippen LogP contribution in [0.25, 0.3) is 0 Å². The van der Waals surface area contributed by atoms with E-state index in [4.69, 9.17) is 4.18 Å². The topological polar surface area (TPSA) is 175 Å². The Morgan fingerprint density at radius 1 is 1.02 bits per heavy atom. The lowest BCUT2D eigenvalue weighted by molar-refractivity contribution is -0.144. The number of nitrogens with one attached hydrogen (secondary N) is 5. The largest absolute Gasteiger partial charge is 0.346 e. The zero-order valence-corrected chi connectivity index (χ0v) is 33.5. The van der Waals surface area contributed by atoms with Crippen molar-refractivity contribution < 1.29 is 32.4 Å². The summed E-state index contributed by atoms with van der Waals surface area (Å²) in [5.74, 6) is -2.63. The van der Waals surface area contributed by atoms with Crippen molar-refractivity contribution in [3.8, 4) is 0 Å². The Labute approximate surface area is 312 Å². The first kappa shape index (κ1) is 44.5. The molecule has 1 aromatic rings. The van der Waals surface area contributed by atoms with Crippen LogP contribution < -0.4 is 26.6 Å². The average molecular weight is 747 g/mol. The molecule has 1 aliphatic heterocycles. The van der Waals surface area contributed by atoms with E-state index in [0.29, 0.717) is 37.4 Å². The first-order valence-electron chi connectivity index (χ1n) is 18.1. The number of Topliss-reactive ketones (excluding diaryl/α,β-unsaturated/α-hetero) is 1. The summed E-state index contributed by atoms with van der Waals surface area (Å²) in [5.41, 5.74) is -0.299. The second-order valence-corrected chi connectivity index (χ2v) is 17.1. The molecule has 1 fully saturated rings. The number of urea groups is 1. The second-order valence-electron chi connectivity index (χ2n) is 15.9. The van der Waals surface area contributed by atoms with Crippen LogP contribution in [0.3, 0.4) is 0 Å². The smallest absolute Gasteiger partial charge is 0.315 e. The molecular weight excluding hydrogens is 685 g/mol. The van der Waals surface area contributed by atoms with E-state index in [-0.39, 0.29) is 36.3 Å². The summed E-state index contributed by atoms with van der Waals surface area (Å²) in [4.78, 5) is 69.7. The van der Waals surface area contributed by atoms with Crippen molar-refractivity contribution in [1.29, 1.82) is 0 Å². The van der Waals surface area contributed by atoms with Crippen LogP contribution in [0.15, 0.2) is 41.8 Å². The van der Waals surface area contributed by atoms with E-state index in [1.54, 1.807) is 12.1 Å². The van der Waals surface area contributed by atoms with E-state index in [0.717, 1.165) is 5.56 Å². The van der Waals surface area contributed by atoms with Crippen LogP contribution in [0.1, 0.15) is 87.1 Å². The number of carbonyl (C=O) groups is 5. The van der Waals surface area contributed by atoms with Gasteiger partial charge >= 0.3 is 6.03 Å². The maximum atomic E-state index is 14.4. The van der Waals surface area contributed by atoms with Gasteiger partial charge in [-0.25, -0.2) is 9.00 Å². The van der Waals surface area contributed by atoms with Crippen LogP contribution in [0.5, 0.6) is 0 Å². The number of amides is 5. The van der Waals surface area contributed by atoms with E-state index in [1.807, 2.05) is 74.4 Å². The average Bonchev–Trinajstić information content (AvgIpc) is 3.53. The van der Waals surface area contributed by atoms with E-state index in [9.17, 15) is 28.2 Å². The standard InChI is InChI=1S/C38H62N6O7S/c1-12-16-27(31(45)34(47)40-20-13-2)41-33(46)30-26(24(3)4)19-21-44(30)35(48)32(38(8,9)10)43-36(49)42-29(37(5,6)7)23-39-22-25-17-14-15-18-28(25)52(50)51-11/h13-15,17-18,24,26-27,29-30,32,39H,2,12,16,19-23H2,1,3-11H3,(H,40,47)(H,41,46)(H2,42,43,49)/t26-,27?,29-,30+,32-,52?/m1/s1. The third-order valence-corrected chi connectivity index (χ3v) is 10.5. The third-order valence-electron chi connectivity index (χ3n) is 9.40. The molecule has 5 amide bonds. The van der Waals surface area contributed by atoms with Crippen LogP contribution >= 0.6 is 0 Å². The number of hydrogen-bond donors (Lipinski definition) is 5. The Hall–Kier alpha value is -3.62. The van der Waals surface area contributed by atoms with Gasteiger partial charge in [-0.15, -0.1) is 6.58 Å². The lowest BCUT2D eigenvalue weighted by Crippen LogP contribution is -2.62. The fourth-order valence-electron chi connectivity index (χ4n) is 6.29. The van der Waals surface area contributed by atoms with Gasteiger partial charge in [-0.1, -0.05) is 93.0 Å². The van der Waals surface area contributed by atoms with E-state index >= 15 is 0 Å². The summed E-state index contributed by atoms with van der Waals surface area (Å²) < 4.78 is 17.4. The number of rotatable bonds is 18. The van der Waals surface area contributed by atoms with Crippen molar-refractivity contribution in [2.45, 2.75) is 117 Å². The molecule has 13 nitrogen and oxygen atoms in total. The third kappa shape index (κ3) is 12.5. The van der Waals surface area contributed by atoms with Crippen LogP contribution in [-0.2, 0) is 41.0 Å². The molecule has 6 atom stereocenters. The van der Waals surface area contributed by atoms with Crippen molar-refractivity contribution in [2.24, 2.45) is 22.7 Å². The predicted molar refractivity (Wildman–Crippen MR) is 203 cm³/mol. The molecule has 0 aromatic heterocycles. The Morgan fingerprint density at radius 2 is 1.67 bits per heavy atom. The Bertz CT molecular complexity index is 1440. The monoisotopic (exact) mass is 746 g/mol. The molecule has 292 valence electrons. The van der Waals surface area contributed by atoms with Gasteiger partial charge in [0.1, 0.15) is 12.1 Å². The molecule has 2 unspecified atom stereocenters. The molecule has 0 spiro atoms. The van der Waals surface area contributed by atoms with E-state index in [1.165, 1.54) is 18.1 Å². The lowest BCUT2D eigenvalue weighted by atomic mass is 9.84. The first-order valence-corrected chi connectivity index (χ1v) is 19.2. The van der Waals surface area contributed by atoms with Gasteiger partial charge in [0.05, 0.1) is 18.0 Å². The quantitative estimate of drug-likeness (QED) is 0.112. The SMILES string of the molecule is C=CCNC(=O)C(=O)C(CCC)NC(=O)[C@@H]1[C@@H](C(C)C)CCN1C(=O)[C@@H](NC(=O)N[C@H](CNCc1ccccc1S(=O)OC)C(C)(C)C)C(C)(C)C. The number of likely N-dealkylation sites (tertiary alicyclic amines) is 1. The van der Waals surface area contributed by atoms with Crippen LogP contribution in [0, 0.1) is 22.7 Å². The molecule has 14 heteroatoms. The van der Waals surface area contributed by atoms with E-state index < -0.39 is 64.2 Å². The maximum Gasteiger partial charge on any atom is 0.315 e. The molecule has 0 aliphatic carbocycles. The molecule has 1 saturated heterocycles. The number of hydrogen-bond acceptors (Lipinski definition) is 8. The maximum absolute atomic E-state index is 14.4. The van der Waals surface area contributed by atoms with Crippen molar-refractivity contribution in [2.75, 3.05) is 26.7 Å². The number of ketones is 1. The molecule has 0 radical (unpaired) electrons. The predicted octanol–water partition coefficient (Wildman–Crippen LogP) is 3.60. The normalized spacial score (nSPS) is 18.6. The zero-order chi connectivity index (χ0) is 39.4. The Morgan fingerprint density at radius 3 is 2.23 bits per heavy atom. The van der Waals surface area contributed by atoms with Gasteiger partial charge in [0.15, 0.2) is 11.1 Å². The molecule has 0 saturated carbocycles. The Kier molecular flexibility index (Phi) is 17.1. The van der Waals surface area contributed by atoms with Crippen molar-refractivity contribution in [1.82, 2.24) is 31.5 Å². The van der Waals surface area contributed by atoms with Crippen molar-refractivity contribution >= 4 is 40.6 Å². The highest BCUT2D eigenvalue weighted by Crippen LogP contribution is 2.33. The number of carbonyl (C=O) groups excluding carboxylic acids is 5. The van der Waals surface area contributed by atoms with Gasteiger partial charge in [0.2, 0.25) is 17.6 Å². The molecule has 52 heavy (non-hydrogen) atoms.